The van der Waals surface area contributed by atoms with E-state index in [1.165, 1.54) is 0 Å². The smallest absolute Gasteiger partial charge is 0.183 e. The molecule has 0 spiro atoms. The predicted molar refractivity (Wildman–Crippen MR) is 93.9 cm³/mol. The molecule has 112 valence electrons. The van der Waals surface area contributed by atoms with Crippen molar-refractivity contribution in [2.45, 2.75) is 0 Å². The average Bonchev–Trinajstić information content (AvgIpc) is 2.62. The summed E-state index contributed by atoms with van der Waals surface area (Å²) in [6, 6.07) is 16.4. The van der Waals surface area contributed by atoms with Crippen LogP contribution in [0.5, 0.6) is 5.75 Å². The molecular weight excluding hydrogens is 294 g/mol. The van der Waals surface area contributed by atoms with Gasteiger partial charge in [-0.1, -0.05) is 54.2 Å². The van der Waals surface area contributed by atoms with Crippen LogP contribution in [0, 0.1) is 0 Å². The molecule has 0 bridgehead atoms. The summed E-state index contributed by atoms with van der Waals surface area (Å²) in [7, 11) is 3.55. The minimum atomic E-state index is 0.827. The number of thioether (sulfide) groups is 1. The van der Waals surface area contributed by atoms with Gasteiger partial charge in [0.15, 0.2) is 5.17 Å². The summed E-state index contributed by atoms with van der Waals surface area (Å²) < 4.78 is 5.42. The molecule has 1 aliphatic rings. The van der Waals surface area contributed by atoms with E-state index in [1.54, 1.807) is 18.9 Å². The molecule has 0 amide bonds. The van der Waals surface area contributed by atoms with Gasteiger partial charge in [-0.3, -0.25) is 0 Å². The van der Waals surface area contributed by atoms with Crippen molar-refractivity contribution in [1.29, 1.82) is 0 Å². The molecular formula is C17H17N3OS. The second-order valence-corrected chi connectivity index (χ2v) is 5.73. The minimum absolute atomic E-state index is 0.827. The first-order chi connectivity index (χ1) is 10.8. The van der Waals surface area contributed by atoms with Gasteiger partial charge in [0, 0.05) is 18.4 Å². The number of ether oxygens (including phenoxy) is 1. The van der Waals surface area contributed by atoms with Crippen LogP contribution in [-0.2, 0) is 0 Å². The Labute approximate surface area is 134 Å². The normalized spacial score (nSPS) is 14.1. The van der Waals surface area contributed by atoms with E-state index in [1.807, 2.05) is 25.2 Å². The highest BCUT2D eigenvalue weighted by Crippen LogP contribution is 2.29. The maximum atomic E-state index is 5.42. The van der Waals surface area contributed by atoms with Crippen molar-refractivity contribution in [2.24, 2.45) is 10.2 Å². The SMILES string of the molecule is CNC1=NN=C(c2ccc(-c3ccccc3OC)cc2)CS1. The molecule has 5 heteroatoms. The molecule has 0 radical (unpaired) electrons. The lowest BCUT2D eigenvalue weighted by Gasteiger charge is -2.12. The number of benzene rings is 2. The van der Waals surface area contributed by atoms with Crippen molar-refractivity contribution < 1.29 is 4.74 Å². The third kappa shape index (κ3) is 2.99. The van der Waals surface area contributed by atoms with Crippen molar-refractivity contribution in [3.63, 3.8) is 0 Å². The fraction of sp³-hybridized carbons (Fsp3) is 0.176. The molecule has 2 aromatic carbocycles. The number of hydrogen-bond donors (Lipinski definition) is 1. The topological polar surface area (TPSA) is 46.0 Å². The molecule has 3 rings (SSSR count). The minimum Gasteiger partial charge on any atom is -0.496 e. The van der Waals surface area contributed by atoms with Crippen LogP contribution < -0.4 is 10.1 Å². The van der Waals surface area contributed by atoms with Gasteiger partial charge in [0.2, 0.25) is 0 Å². The molecule has 22 heavy (non-hydrogen) atoms. The molecule has 1 heterocycles. The second-order valence-electron chi connectivity index (χ2n) is 4.77. The van der Waals surface area contributed by atoms with Crippen LogP contribution >= 0.6 is 11.8 Å². The van der Waals surface area contributed by atoms with Crippen molar-refractivity contribution in [1.82, 2.24) is 5.32 Å². The first-order valence-electron chi connectivity index (χ1n) is 7.00. The van der Waals surface area contributed by atoms with Crippen LogP contribution in [0.2, 0.25) is 0 Å². The van der Waals surface area contributed by atoms with Gasteiger partial charge in [0.1, 0.15) is 5.75 Å². The zero-order valence-corrected chi connectivity index (χ0v) is 13.4. The van der Waals surface area contributed by atoms with Gasteiger partial charge >= 0.3 is 0 Å². The summed E-state index contributed by atoms with van der Waals surface area (Å²) >= 11 is 1.66. The first kappa shape index (κ1) is 14.7. The van der Waals surface area contributed by atoms with Crippen LogP contribution in [0.1, 0.15) is 5.56 Å². The highest BCUT2D eigenvalue weighted by atomic mass is 32.2. The predicted octanol–water partition coefficient (Wildman–Crippen LogP) is 3.39. The van der Waals surface area contributed by atoms with E-state index in [9.17, 15) is 0 Å². The number of nitrogens with one attached hydrogen (secondary N) is 1. The summed E-state index contributed by atoms with van der Waals surface area (Å²) in [6.45, 7) is 0. The molecule has 0 saturated carbocycles. The Kier molecular flexibility index (Phi) is 4.44. The summed E-state index contributed by atoms with van der Waals surface area (Å²) in [5, 5.41) is 12.3. The van der Waals surface area contributed by atoms with E-state index in [-0.39, 0.29) is 0 Å². The number of rotatable bonds is 3. The zero-order valence-electron chi connectivity index (χ0n) is 12.5. The molecule has 4 nitrogen and oxygen atoms in total. The number of nitrogens with zero attached hydrogens (tertiary/aromatic N) is 2. The first-order valence-corrected chi connectivity index (χ1v) is 7.99. The Morgan fingerprint density at radius 1 is 1.00 bits per heavy atom. The van der Waals surface area contributed by atoms with Crippen LogP contribution in [-0.4, -0.2) is 30.8 Å². The van der Waals surface area contributed by atoms with Crippen molar-refractivity contribution in [2.75, 3.05) is 19.9 Å². The Bertz CT molecular complexity index is 723. The summed E-state index contributed by atoms with van der Waals surface area (Å²) in [5.74, 6) is 1.71. The molecule has 0 fully saturated rings. The maximum absolute atomic E-state index is 5.42. The third-order valence-electron chi connectivity index (χ3n) is 3.46. The van der Waals surface area contributed by atoms with Gasteiger partial charge in [0.25, 0.3) is 0 Å². The van der Waals surface area contributed by atoms with Gasteiger partial charge in [0.05, 0.1) is 12.8 Å². The molecule has 0 saturated heterocycles. The van der Waals surface area contributed by atoms with E-state index in [0.717, 1.165) is 39.1 Å². The standard InChI is InChI=1S/C17H17N3OS/c1-18-17-20-19-15(11-22-17)13-9-7-12(8-10-13)14-5-3-4-6-16(14)21-2/h3-10H,11H2,1-2H3,(H,18,20). The molecule has 1 aliphatic heterocycles. The van der Waals surface area contributed by atoms with E-state index < -0.39 is 0 Å². The van der Waals surface area contributed by atoms with Crippen LogP contribution in [0.4, 0.5) is 0 Å². The van der Waals surface area contributed by atoms with Gasteiger partial charge in [-0.25, -0.2) is 0 Å². The molecule has 2 aromatic rings. The summed E-state index contributed by atoms with van der Waals surface area (Å²) in [5.41, 5.74) is 4.32. The van der Waals surface area contributed by atoms with Crippen molar-refractivity contribution in [3.05, 3.63) is 54.1 Å². The van der Waals surface area contributed by atoms with E-state index in [4.69, 9.17) is 4.74 Å². The van der Waals surface area contributed by atoms with E-state index >= 15 is 0 Å². The maximum Gasteiger partial charge on any atom is 0.183 e. The molecule has 0 aliphatic carbocycles. The monoisotopic (exact) mass is 311 g/mol. The lowest BCUT2D eigenvalue weighted by atomic mass is 10.0. The zero-order chi connectivity index (χ0) is 15.4. The van der Waals surface area contributed by atoms with Crippen LogP contribution in [0.15, 0.2) is 58.7 Å². The Balaban J connectivity index is 1.88. The number of methoxy groups -OCH3 is 1. The van der Waals surface area contributed by atoms with Gasteiger partial charge in [-0.2, -0.15) is 5.10 Å². The Morgan fingerprint density at radius 3 is 2.36 bits per heavy atom. The van der Waals surface area contributed by atoms with Crippen LogP contribution in [0.3, 0.4) is 0 Å². The third-order valence-corrected chi connectivity index (χ3v) is 4.43. The lowest BCUT2D eigenvalue weighted by Crippen LogP contribution is -2.20. The van der Waals surface area contributed by atoms with Gasteiger partial charge < -0.3 is 10.1 Å². The number of amidine groups is 1. The fourth-order valence-corrected chi connectivity index (χ4v) is 3.03. The van der Waals surface area contributed by atoms with Crippen LogP contribution in [0.25, 0.3) is 11.1 Å². The fourth-order valence-electron chi connectivity index (χ4n) is 2.29. The lowest BCUT2D eigenvalue weighted by molar-refractivity contribution is 0.416. The average molecular weight is 311 g/mol. The second kappa shape index (κ2) is 6.66. The van der Waals surface area contributed by atoms with Gasteiger partial charge in [-0.05, 0) is 17.2 Å². The molecule has 0 aromatic heterocycles. The Morgan fingerprint density at radius 2 is 1.73 bits per heavy atom. The molecule has 0 unspecified atom stereocenters. The van der Waals surface area contributed by atoms with Gasteiger partial charge in [-0.15, -0.1) is 5.10 Å². The highest BCUT2D eigenvalue weighted by molar-refractivity contribution is 8.14. The quantitative estimate of drug-likeness (QED) is 0.945. The highest BCUT2D eigenvalue weighted by Gasteiger charge is 2.12. The Hall–Kier alpha value is -2.27. The molecule has 0 atom stereocenters. The summed E-state index contributed by atoms with van der Waals surface area (Å²) in [6.07, 6.45) is 0. The molecule has 1 N–H and O–H groups in total. The van der Waals surface area contributed by atoms with Crippen molar-refractivity contribution in [3.8, 4) is 16.9 Å². The van der Waals surface area contributed by atoms with E-state index in [0.29, 0.717) is 0 Å². The number of hydrogen-bond acceptors (Lipinski definition) is 5. The largest absolute Gasteiger partial charge is 0.496 e. The summed E-state index contributed by atoms with van der Waals surface area (Å²) in [4.78, 5) is 0. The van der Waals surface area contributed by atoms with E-state index in [2.05, 4.69) is 45.9 Å². The van der Waals surface area contributed by atoms with Crippen molar-refractivity contribution >= 4 is 22.6 Å². The number of para-hydroxylation sites is 1.